The normalized spacial score (nSPS) is 11.5. The summed E-state index contributed by atoms with van der Waals surface area (Å²) in [6, 6.07) is 8.23. The molecule has 0 fully saturated rings. The Bertz CT molecular complexity index is 1170. The maximum absolute atomic E-state index is 13.6. The van der Waals surface area contributed by atoms with E-state index in [4.69, 9.17) is 23.2 Å². The smallest absolute Gasteiger partial charge is 0.349 e. The van der Waals surface area contributed by atoms with E-state index in [0.29, 0.717) is 16.8 Å². The fourth-order valence-corrected chi connectivity index (χ4v) is 3.19. The molecule has 0 aromatic heterocycles. The maximum Gasteiger partial charge on any atom is 0.418 e. The van der Waals surface area contributed by atoms with E-state index in [0.717, 1.165) is 0 Å². The molecule has 0 spiro atoms. The highest BCUT2D eigenvalue weighted by molar-refractivity contribution is 6.45. The first kappa shape index (κ1) is 20.6. The summed E-state index contributed by atoms with van der Waals surface area (Å²) in [5, 5.41) is 25.6. The third-order valence-electron chi connectivity index (χ3n) is 4.01. The van der Waals surface area contributed by atoms with Gasteiger partial charge in [0.1, 0.15) is 5.69 Å². The molecule has 3 rings (SSSR count). The molecule has 150 valence electrons. The first-order valence-electron chi connectivity index (χ1n) is 7.68. The van der Waals surface area contributed by atoms with E-state index < -0.39 is 38.6 Å². The number of rotatable bonds is 4. The van der Waals surface area contributed by atoms with Crippen LogP contribution in [0.2, 0.25) is 10.0 Å². The van der Waals surface area contributed by atoms with Crippen LogP contribution in [0.1, 0.15) is 5.56 Å². The number of benzene rings is 3. The number of nitrogens with zero attached hydrogens (tertiary/aromatic N) is 2. The zero-order valence-corrected chi connectivity index (χ0v) is 15.5. The van der Waals surface area contributed by atoms with Gasteiger partial charge in [-0.05, 0) is 6.07 Å². The fraction of sp³-hybridized carbons (Fsp3) is 0.0588. The molecule has 1 N–H and O–H groups in total. The Hall–Kier alpha value is -3.11. The van der Waals surface area contributed by atoms with Crippen LogP contribution in [0.5, 0.6) is 0 Å². The number of hydrogen-bond acceptors (Lipinski definition) is 5. The van der Waals surface area contributed by atoms with Crippen LogP contribution in [-0.4, -0.2) is 9.85 Å². The minimum absolute atomic E-state index is 0.00555. The van der Waals surface area contributed by atoms with Gasteiger partial charge in [-0.2, -0.15) is 13.2 Å². The molecule has 7 nitrogen and oxygen atoms in total. The van der Waals surface area contributed by atoms with Gasteiger partial charge in [0, 0.05) is 22.5 Å². The highest BCUT2D eigenvalue weighted by atomic mass is 35.5. The second-order valence-corrected chi connectivity index (χ2v) is 6.58. The standard InChI is InChI=1S/C17H8Cl2F3N3O4/c18-12-7-13(9-3-1-2-4-10(9)15(12)19)23-16-11(17(20,21)22)5-8(24(26)27)6-14(16)25(28)29/h1-7,23H. The van der Waals surface area contributed by atoms with Crippen molar-refractivity contribution in [3.63, 3.8) is 0 Å². The molecular formula is C17H8Cl2F3N3O4. The molecule has 0 amide bonds. The molecule has 29 heavy (non-hydrogen) atoms. The van der Waals surface area contributed by atoms with Crippen molar-refractivity contribution in [3.05, 3.63) is 78.3 Å². The van der Waals surface area contributed by atoms with Gasteiger partial charge in [0.25, 0.3) is 11.4 Å². The van der Waals surface area contributed by atoms with E-state index in [1.807, 2.05) is 0 Å². The second-order valence-electron chi connectivity index (χ2n) is 5.79. The van der Waals surface area contributed by atoms with Crippen LogP contribution in [0.15, 0.2) is 42.5 Å². The SMILES string of the molecule is O=[N+]([O-])c1cc([N+](=O)[O-])c(Nc2cc(Cl)c(Cl)c3ccccc23)c(C(F)(F)F)c1. The Morgan fingerprint density at radius 2 is 1.55 bits per heavy atom. The molecule has 12 heteroatoms. The molecule has 0 atom stereocenters. The van der Waals surface area contributed by atoms with Gasteiger partial charge >= 0.3 is 6.18 Å². The highest BCUT2D eigenvalue weighted by Gasteiger charge is 2.39. The van der Waals surface area contributed by atoms with Gasteiger partial charge in [-0.3, -0.25) is 20.2 Å². The number of halogens is 5. The zero-order chi connectivity index (χ0) is 21.5. The largest absolute Gasteiger partial charge is 0.418 e. The van der Waals surface area contributed by atoms with Crippen LogP contribution in [0.3, 0.4) is 0 Å². The predicted molar refractivity (Wildman–Crippen MR) is 102 cm³/mol. The summed E-state index contributed by atoms with van der Waals surface area (Å²) in [4.78, 5) is 20.1. The van der Waals surface area contributed by atoms with E-state index in [2.05, 4.69) is 5.32 Å². The molecular weight excluding hydrogens is 438 g/mol. The van der Waals surface area contributed by atoms with Gasteiger partial charge < -0.3 is 5.32 Å². The van der Waals surface area contributed by atoms with Gasteiger partial charge in [-0.15, -0.1) is 0 Å². The first-order chi connectivity index (χ1) is 13.5. The Kier molecular flexibility index (Phi) is 5.24. The van der Waals surface area contributed by atoms with Gasteiger partial charge in [-0.1, -0.05) is 47.5 Å². The van der Waals surface area contributed by atoms with Crippen molar-refractivity contribution >= 4 is 56.7 Å². The van der Waals surface area contributed by atoms with Crippen LogP contribution >= 0.6 is 23.2 Å². The van der Waals surface area contributed by atoms with Gasteiger partial charge in [0.2, 0.25) is 0 Å². The van der Waals surface area contributed by atoms with Crippen molar-refractivity contribution in [2.24, 2.45) is 0 Å². The summed E-state index contributed by atoms with van der Waals surface area (Å²) in [6.07, 6.45) is -5.11. The third kappa shape index (κ3) is 3.89. The molecule has 0 saturated heterocycles. The van der Waals surface area contributed by atoms with Crippen LogP contribution < -0.4 is 5.32 Å². The van der Waals surface area contributed by atoms with Gasteiger partial charge in [0.05, 0.1) is 31.5 Å². The minimum Gasteiger partial charge on any atom is -0.349 e. The van der Waals surface area contributed by atoms with Crippen LogP contribution in [-0.2, 0) is 6.18 Å². The number of nitro benzene ring substituents is 2. The number of nitro groups is 2. The topological polar surface area (TPSA) is 98.3 Å². The van der Waals surface area contributed by atoms with Crippen molar-refractivity contribution in [1.82, 2.24) is 0 Å². The number of alkyl halides is 3. The predicted octanol–water partition coefficient (Wildman–Crippen LogP) is 6.73. The molecule has 0 unspecified atom stereocenters. The number of non-ortho nitro benzene ring substituents is 1. The zero-order valence-electron chi connectivity index (χ0n) is 14.0. The Balaban J connectivity index is 2.32. The number of nitrogens with one attached hydrogen (secondary N) is 1. The average molecular weight is 446 g/mol. The van der Waals surface area contributed by atoms with E-state index in [1.54, 1.807) is 18.2 Å². The van der Waals surface area contributed by atoms with Gasteiger partial charge in [-0.25, -0.2) is 0 Å². The van der Waals surface area contributed by atoms with E-state index in [9.17, 15) is 33.4 Å². The lowest BCUT2D eigenvalue weighted by molar-refractivity contribution is -0.394. The minimum atomic E-state index is -5.11. The molecule has 0 bridgehead atoms. The molecule has 0 aliphatic heterocycles. The van der Waals surface area contributed by atoms with Crippen LogP contribution in [0.25, 0.3) is 10.8 Å². The molecule has 0 aliphatic rings. The van der Waals surface area contributed by atoms with E-state index >= 15 is 0 Å². The molecule has 3 aromatic carbocycles. The van der Waals surface area contributed by atoms with Gasteiger partial charge in [0.15, 0.2) is 0 Å². The van der Waals surface area contributed by atoms with E-state index in [-0.39, 0.29) is 21.8 Å². The average Bonchev–Trinajstić information content (AvgIpc) is 2.64. The summed E-state index contributed by atoms with van der Waals surface area (Å²) in [5.74, 6) is 0. The molecule has 0 radical (unpaired) electrons. The van der Waals surface area contributed by atoms with Crippen molar-refractivity contribution in [3.8, 4) is 0 Å². The fourth-order valence-electron chi connectivity index (χ4n) is 2.76. The lowest BCUT2D eigenvalue weighted by Gasteiger charge is -2.17. The summed E-state index contributed by atoms with van der Waals surface area (Å²) in [7, 11) is 0. The molecule has 0 aliphatic carbocycles. The molecule has 3 aromatic rings. The number of fused-ring (bicyclic) bond motifs is 1. The quantitative estimate of drug-likeness (QED) is 0.354. The van der Waals surface area contributed by atoms with Crippen LogP contribution in [0, 0.1) is 20.2 Å². The second kappa shape index (κ2) is 7.37. The van der Waals surface area contributed by atoms with Crippen LogP contribution in [0.4, 0.5) is 35.9 Å². The molecule has 0 saturated carbocycles. The first-order valence-corrected chi connectivity index (χ1v) is 8.44. The molecule has 0 heterocycles. The maximum atomic E-state index is 13.6. The van der Waals surface area contributed by atoms with Crippen molar-refractivity contribution in [2.45, 2.75) is 6.18 Å². The Labute approximate surface area is 169 Å². The van der Waals surface area contributed by atoms with Crippen molar-refractivity contribution in [1.29, 1.82) is 0 Å². The van der Waals surface area contributed by atoms with Crippen molar-refractivity contribution in [2.75, 3.05) is 5.32 Å². The highest BCUT2D eigenvalue weighted by Crippen LogP contribution is 2.45. The Morgan fingerprint density at radius 3 is 2.10 bits per heavy atom. The van der Waals surface area contributed by atoms with Crippen molar-refractivity contribution < 1.29 is 23.0 Å². The summed E-state index contributed by atoms with van der Waals surface area (Å²) < 4.78 is 40.7. The summed E-state index contributed by atoms with van der Waals surface area (Å²) >= 11 is 12.2. The lowest BCUT2D eigenvalue weighted by Crippen LogP contribution is -2.12. The van der Waals surface area contributed by atoms with E-state index in [1.165, 1.54) is 12.1 Å². The lowest BCUT2D eigenvalue weighted by atomic mass is 10.1. The Morgan fingerprint density at radius 1 is 0.931 bits per heavy atom. The number of hydrogen-bond donors (Lipinski definition) is 1. The third-order valence-corrected chi connectivity index (χ3v) is 4.81. The summed E-state index contributed by atoms with van der Waals surface area (Å²) in [6.45, 7) is 0. The monoisotopic (exact) mass is 445 g/mol. The number of anilines is 2. The summed E-state index contributed by atoms with van der Waals surface area (Å²) in [5.41, 5.74) is -4.67.